The fourth-order valence-corrected chi connectivity index (χ4v) is 4.82. The number of ether oxygens (including phenoxy) is 3. The predicted molar refractivity (Wildman–Crippen MR) is 103 cm³/mol. The van der Waals surface area contributed by atoms with Crippen LogP contribution in [0.3, 0.4) is 0 Å². The van der Waals surface area contributed by atoms with E-state index in [0.29, 0.717) is 22.9 Å². The van der Waals surface area contributed by atoms with Crippen molar-refractivity contribution >= 4 is 21.6 Å². The van der Waals surface area contributed by atoms with Crippen molar-refractivity contribution < 1.29 is 22.6 Å². The van der Waals surface area contributed by atoms with Gasteiger partial charge in [-0.05, 0) is 38.1 Å². The average molecular weight is 412 g/mol. The second-order valence-corrected chi connectivity index (χ2v) is 9.06. The molecule has 0 radical (unpaired) electrons. The zero-order valence-corrected chi connectivity index (χ0v) is 17.1. The first-order valence-corrected chi connectivity index (χ1v) is 10.2. The van der Waals surface area contributed by atoms with Crippen LogP contribution in [0.5, 0.6) is 17.2 Å². The molecule has 0 spiro atoms. The number of methoxy groups -OCH3 is 2. The number of hydrogen-bond acceptors (Lipinski definition) is 5. The molecule has 0 bridgehead atoms. The zero-order valence-electron chi connectivity index (χ0n) is 15.6. The van der Waals surface area contributed by atoms with Gasteiger partial charge in [0.2, 0.25) is 10.0 Å². The van der Waals surface area contributed by atoms with Gasteiger partial charge in [-0.3, -0.25) is 0 Å². The summed E-state index contributed by atoms with van der Waals surface area (Å²) in [6.45, 7) is 3.83. The highest BCUT2D eigenvalue weighted by Gasteiger charge is 2.37. The summed E-state index contributed by atoms with van der Waals surface area (Å²) >= 11 is 6.00. The van der Waals surface area contributed by atoms with Crippen LogP contribution in [0.15, 0.2) is 41.3 Å². The molecule has 6 nitrogen and oxygen atoms in total. The van der Waals surface area contributed by atoms with E-state index in [2.05, 4.69) is 4.72 Å². The van der Waals surface area contributed by atoms with E-state index in [1.807, 2.05) is 19.9 Å². The minimum absolute atomic E-state index is 0.00291. The second-order valence-electron chi connectivity index (χ2n) is 6.94. The van der Waals surface area contributed by atoms with Crippen molar-refractivity contribution in [2.24, 2.45) is 0 Å². The van der Waals surface area contributed by atoms with Gasteiger partial charge in [-0.2, -0.15) is 0 Å². The largest absolute Gasteiger partial charge is 0.497 e. The normalized spacial score (nSPS) is 18.3. The smallest absolute Gasteiger partial charge is 0.244 e. The van der Waals surface area contributed by atoms with Crippen LogP contribution in [0.2, 0.25) is 5.02 Å². The zero-order chi connectivity index (χ0) is 19.8. The topological polar surface area (TPSA) is 73.9 Å². The number of fused-ring (bicyclic) bond motifs is 1. The molecule has 27 heavy (non-hydrogen) atoms. The highest BCUT2D eigenvalue weighted by molar-refractivity contribution is 7.89. The Hall–Kier alpha value is -1.96. The summed E-state index contributed by atoms with van der Waals surface area (Å²) in [4.78, 5) is -0.00291. The molecule has 0 amide bonds. The van der Waals surface area contributed by atoms with Gasteiger partial charge in [-0.1, -0.05) is 17.7 Å². The summed E-state index contributed by atoms with van der Waals surface area (Å²) in [5.41, 5.74) is 0.199. The molecule has 1 aliphatic heterocycles. The third-order valence-corrected chi connectivity index (χ3v) is 6.12. The van der Waals surface area contributed by atoms with E-state index in [4.69, 9.17) is 25.8 Å². The van der Waals surface area contributed by atoms with Gasteiger partial charge in [0.15, 0.2) is 0 Å². The SMILES string of the molecule is COc1ccc2c(c1)OC(C)(C)CC2NS(=O)(=O)c1cc(Cl)ccc1OC. The van der Waals surface area contributed by atoms with Crippen LogP contribution in [0.4, 0.5) is 0 Å². The predicted octanol–water partition coefficient (Wildman–Crippen LogP) is 3.94. The Bertz CT molecular complexity index is 959. The standard InChI is InChI=1S/C19H22ClNO5S/c1-19(2)11-15(14-7-6-13(24-3)10-17(14)26-19)21-27(22,23)18-9-12(20)5-8-16(18)25-4/h5-10,15,21H,11H2,1-4H3. The van der Waals surface area contributed by atoms with Crippen LogP contribution in [0, 0.1) is 0 Å². The highest BCUT2D eigenvalue weighted by Crippen LogP contribution is 2.42. The van der Waals surface area contributed by atoms with E-state index in [1.165, 1.54) is 19.2 Å². The first kappa shape index (κ1) is 19.8. The molecule has 2 aromatic carbocycles. The van der Waals surface area contributed by atoms with Gasteiger partial charge in [0.1, 0.15) is 27.7 Å². The summed E-state index contributed by atoms with van der Waals surface area (Å²) in [6.07, 6.45) is 0.467. The Labute approximate surface area is 164 Å². The summed E-state index contributed by atoms with van der Waals surface area (Å²) in [7, 11) is -0.891. The number of sulfonamides is 1. The Kier molecular flexibility index (Phi) is 5.29. The van der Waals surface area contributed by atoms with Gasteiger partial charge in [0.05, 0.1) is 20.3 Å². The lowest BCUT2D eigenvalue weighted by Crippen LogP contribution is -2.41. The van der Waals surface area contributed by atoms with Crippen molar-refractivity contribution in [1.82, 2.24) is 4.72 Å². The van der Waals surface area contributed by atoms with Gasteiger partial charge < -0.3 is 14.2 Å². The van der Waals surface area contributed by atoms with Gasteiger partial charge in [0, 0.05) is 23.1 Å². The van der Waals surface area contributed by atoms with Crippen molar-refractivity contribution in [3.8, 4) is 17.2 Å². The summed E-state index contributed by atoms with van der Waals surface area (Å²) in [5.74, 6) is 1.47. The first-order valence-electron chi connectivity index (χ1n) is 8.38. The fourth-order valence-electron chi connectivity index (χ4n) is 3.18. The maximum atomic E-state index is 13.1. The minimum atomic E-state index is -3.88. The Morgan fingerprint density at radius 1 is 1.15 bits per heavy atom. The first-order chi connectivity index (χ1) is 12.6. The minimum Gasteiger partial charge on any atom is -0.497 e. The van der Waals surface area contributed by atoms with Crippen molar-refractivity contribution in [2.45, 2.75) is 36.8 Å². The third-order valence-electron chi connectivity index (χ3n) is 4.39. The van der Waals surface area contributed by atoms with Crippen LogP contribution < -0.4 is 18.9 Å². The molecule has 0 saturated heterocycles. The average Bonchev–Trinajstić information content (AvgIpc) is 2.59. The summed E-state index contributed by atoms with van der Waals surface area (Å²) < 4.78 is 45.4. The van der Waals surface area contributed by atoms with Crippen LogP contribution >= 0.6 is 11.6 Å². The summed E-state index contributed by atoms with van der Waals surface area (Å²) in [5, 5.41) is 0.314. The molecule has 8 heteroatoms. The van der Waals surface area contributed by atoms with E-state index >= 15 is 0 Å². The molecule has 3 rings (SSSR count). The third kappa shape index (κ3) is 4.15. The molecular formula is C19H22ClNO5S. The molecule has 146 valence electrons. The molecule has 1 atom stereocenters. The fraction of sp³-hybridized carbons (Fsp3) is 0.368. The van der Waals surface area contributed by atoms with Crippen LogP contribution in [0.25, 0.3) is 0 Å². The van der Waals surface area contributed by atoms with Crippen LogP contribution in [0.1, 0.15) is 31.9 Å². The Morgan fingerprint density at radius 2 is 1.89 bits per heavy atom. The second kappa shape index (κ2) is 7.22. The lowest BCUT2D eigenvalue weighted by Gasteiger charge is -2.37. The monoisotopic (exact) mass is 411 g/mol. The Balaban J connectivity index is 2.01. The number of hydrogen-bond donors (Lipinski definition) is 1. The van der Waals surface area contributed by atoms with E-state index in [1.54, 1.807) is 25.3 Å². The molecule has 1 aliphatic rings. The molecule has 1 unspecified atom stereocenters. The number of halogens is 1. The van der Waals surface area contributed by atoms with Gasteiger partial charge >= 0.3 is 0 Å². The van der Waals surface area contributed by atoms with Crippen LogP contribution in [-0.4, -0.2) is 28.2 Å². The molecular weight excluding hydrogens is 390 g/mol. The van der Waals surface area contributed by atoms with E-state index in [-0.39, 0.29) is 10.6 Å². The van der Waals surface area contributed by atoms with Crippen molar-refractivity contribution in [1.29, 1.82) is 0 Å². The van der Waals surface area contributed by atoms with E-state index in [9.17, 15) is 8.42 Å². The van der Waals surface area contributed by atoms with Crippen molar-refractivity contribution in [3.05, 3.63) is 47.0 Å². The van der Waals surface area contributed by atoms with Gasteiger partial charge in [-0.25, -0.2) is 13.1 Å². The van der Waals surface area contributed by atoms with Crippen LogP contribution in [-0.2, 0) is 10.0 Å². The van der Waals surface area contributed by atoms with E-state index in [0.717, 1.165) is 5.56 Å². The molecule has 0 aromatic heterocycles. The highest BCUT2D eigenvalue weighted by atomic mass is 35.5. The molecule has 0 fully saturated rings. The lowest BCUT2D eigenvalue weighted by molar-refractivity contribution is 0.0698. The Morgan fingerprint density at radius 3 is 2.56 bits per heavy atom. The van der Waals surface area contributed by atoms with E-state index < -0.39 is 21.7 Å². The van der Waals surface area contributed by atoms with Gasteiger partial charge in [-0.15, -0.1) is 0 Å². The number of rotatable bonds is 5. The van der Waals surface area contributed by atoms with Gasteiger partial charge in [0.25, 0.3) is 0 Å². The maximum absolute atomic E-state index is 13.1. The molecule has 1 heterocycles. The van der Waals surface area contributed by atoms with Crippen molar-refractivity contribution in [3.63, 3.8) is 0 Å². The molecule has 1 N–H and O–H groups in total. The van der Waals surface area contributed by atoms with Crippen molar-refractivity contribution in [2.75, 3.05) is 14.2 Å². The maximum Gasteiger partial charge on any atom is 0.244 e. The summed E-state index contributed by atoms with van der Waals surface area (Å²) in [6, 6.07) is 9.37. The molecule has 0 saturated carbocycles. The molecule has 0 aliphatic carbocycles. The quantitative estimate of drug-likeness (QED) is 0.806. The molecule has 2 aromatic rings. The lowest BCUT2D eigenvalue weighted by atomic mass is 9.90. The number of nitrogens with one attached hydrogen (secondary N) is 1. The number of benzene rings is 2.